The number of carbonyl (C=O) groups excluding carboxylic acids is 2. The molecule has 1 aromatic carbocycles. The van der Waals surface area contributed by atoms with Crippen molar-refractivity contribution in [2.24, 2.45) is 0 Å². The van der Waals surface area contributed by atoms with Crippen LogP contribution in [0.2, 0.25) is 0 Å². The lowest BCUT2D eigenvalue weighted by atomic mass is 10.0. The van der Waals surface area contributed by atoms with E-state index in [9.17, 15) is 14.9 Å². The Balaban J connectivity index is 1.29. The Morgan fingerprint density at radius 1 is 1.18 bits per heavy atom. The lowest BCUT2D eigenvalue weighted by molar-refractivity contribution is -0.116. The number of rotatable bonds is 8. The second-order valence-electron chi connectivity index (χ2n) is 8.90. The summed E-state index contributed by atoms with van der Waals surface area (Å²) in [7, 11) is 0. The van der Waals surface area contributed by atoms with Crippen LogP contribution in [0.1, 0.15) is 65.4 Å². The molecule has 1 fully saturated rings. The van der Waals surface area contributed by atoms with Gasteiger partial charge in [-0.2, -0.15) is 5.26 Å². The number of aryl methyl sites for hydroxylation is 1. The Morgan fingerprint density at radius 3 is 2.64 bits per heavy atom. The number of amides is 2. The van der Waals surface area contributed by atoms with E-state index < -0.39 is 0 Å². The van der Waals surface area contributed by atoms with E-state index in [4.69, 9.17) is 0 Å². The summed E-state index contributed by atoms with van der Waals surface area (Å²) < 4.78 is 0. The van der Waals surface area contributed by atoms with Gasteiger partial charge in [-0.15, -0.1) is 11.3 Å². The summed E-state index contributed by atoms with van der Waals surface area (Å²) in [6.07, 6.45) is 6.36. The van der Waals surface area contributed by atoms with Crippen LogP contribution in [-0.4, -0.2) is 53.8 Å². The summed E-state index contributed by atoms with van der Waals surface area (Å²) >= 11 is 1.57. The van der Waals surface area contributed by atoms with E-state index >= 15 is 0 Å². The Morgan fingerprint density at radius 2 is 1.94 bits per heavy atom. The van der Waals surface area contributed by atoms with Gasteiger partial charge in [0, 0.05) is 42.5 Å². The van der Waals surface area contributed by atoms with E-state index in [0.717, 1.165) is 74.3 Å². The Hall–Kier alpha value is -2.69. The topological polar surface area (TPSA) is 76.4 Å². The fourth-order valence-corrected chi connectivity index (χ4v) is 6.26. The molecule has 6 nitrogen and oxygen atoms in total. The molecule has 174 valence electrons. The minimum Gasteiger partial charge on any atom is -0.339 e. The van der Waals surface area contributed by atoms with Gasteiger partial charge in [0.15, 0.2) is 0 Å². The first kappa shape index (κ1) is 23.5. The molecule has 0 radical (unpaired) electrons. The molecule has 1 aliphatic carbocycles. The number of hydrogen-bond acceptors (Lipinski definition) is 5. The number of likely N-dealkylation sites (tertiary alicyclic amines) is 1. The van der Waals surface area contributed by atoms with Gasteiger partial charge in [0.05, 0.1) is 5.56 Å². The first-order valence-corrected chi connectivity index (χ1v) is 12.8. The number of anilines is 1. The summed E-state index contributed by atoms with van der Waals surface area (Å²) in [4.78, 5) is 31.0. The smallest absolute Gasteiger partial charge is 0.253 e. The minimum absolute atomic E-state index is 0.0239. The monoisotopic (exact) mass is 464 g/mol. The van der Waals surface area contributed by atoms with Gasteiger partial charge in [0.1, 0.15) is 11.1 Å². The molecule has 7 heteroatoms. The highest BCUT2D eigenvalue weighted by atomic mass is 32.1. The average molecular weight is 465 g/mol. The van der Waals surface area contributed by atoms with Crippen LogP contribution in [0.3, 0.4) is 0 Å². The third kappa shape index (κ3) is 5.45. The third-order valence-electron chi connectivity index (χ3n) is 6.71. The van der Waals surface area contributed by atoms with Crippen molar-refractivity contribution in [1.29, 1.82) is 5.26 Å². The molecule has 1 N–H and O–H groups in total. The van der Waals surface area contributed by atoms with Gasteiger partial charge in [0.2, 0.25) is 5.91 Å². The summed E-state index contributed by atoms with van der Waals surface area (Å²) in [5, 5.41) is 13.3. The number of nitrogens with zero attached hydrogens (tertiary/aromatic N) is 3. The molecule has 1 saturated heterocycles. The second kappa shape index (κ2) is 11.0. The number of nitrogens with one attached hydrogen (secondary N) is 1. The molecule has 0 spiro atoms. The second-order valence-corrected chi connectivity index (χ2v) is 10.0. The molecule has 1 aromatic heterocycles. The number of benzene rings is 1. The van der Waals surface area contributed by atoms with Crippen molar-refractivity contribution < 1.29 is 9.59 Å². The predicted molar refractivity (Wildman–Crippen MR) is 132 cm³/mol. The normalized spacial score (nSPS) is 16.0. The van der Waals surface area contributed by atoms with Crippen molar-refractivity contribution in [1.82, 2.24) is 9.80 Å². The average Bonchev–Trinajstić information content (AvgIpc) is 3.42. The summed E-state index contributed by atoms with van der Waals surface area (Å²) in [6.45, 7) is 5.30. The van der Waals surface area contributed by atoms with E-state index in [2.05, 4.69) is 23.2 Å². The largest absolute Gasteiger partial charge is 0.339 e. The van der Waals surface area contributed by atoms with Gasteiger partial charge in [-0.3, -0.25) is 14.5 Å². The molecule has 2 aromatic rings. The number of carbonyl (C=O) groups is 2. The van der Waals surface area contributed by atoms with Crippen molar-refractivity contribution in [3.63, 3.8) is 0 Å². The molecule has 0 saturated carbocycles. The third-order valence-corrected chi connectivity index (χ3v) is 7.92. The lowest BCUT2D eigenvalue weighted by Gasteiger charge is -2.38. The van der Waals surface area contributed by atoms with Crippen molar-refractivity contribution in [3.8, 4) is 6.07 Å². The first-order valence-electron chi connectivity index (χ1n) is 12.0. The number of hydrogen-bond donors (Lipinski definition) is 1. The highest BCUT2D eigenvalue weighted by molar-refractivity contribution is 7.16. The standard InChI is InChI=1S/C26H32N4O2S/c1-2-14-29(20-11-15-30(16-12-20)26(32)19-7-4-3-5-8-19)17-13-24(31)28-25-22(18-27)21-9-6-10-23(21)33-25/h3-5,7-8,20H,2,6,9-17H2,1H3,(H,28,31). The number of thiophene rings is 1. The molecule has 0 atom stereocenters. The van der Waals surface area contributed by atoms with Crippen LogP contribution in [0.25, 0.3) is 0 Å². The van der Waals surface area contributed by atoms with Crippen LogP contribution < -0.4 is 5.32 Å². The van der Waals surface area contributed by atoms with Crippen LogP contribution in [0, 0.1) is 11.3 Å². The summed E-state index contributed by atoms with van der Waals surface area (Å²) in [6, 6.07) is 12.2. The van der Waals surface area contributed by atoms with Crippen LogP contribution in [0.4, 0.5) is 5.00 Å². The lowest BCUT2D eigenvalue weighted by Crippen LogP contribution is -2.47. The van der Waals surface area contributed by atoms with E-state index in [1.807, 2.05) is 35.2 Å². The fraction of sp³-hybridized carbons (Fsp3) is 0.500. The van der Waals surface area contributed by atoms with Crippen LogP contribution in [0.5, 0.6) is 0 Å². The van der Waals surface area contributed by atoms with E-state index in [1.165, 1.54) is 4.88 Å². The van der Waals surface area contributed by atoms with Crippen LogP contribution in [-0.2, 0) is 17.6 Å². The van der Waals surface area contributed by atoms with E-state index in [1.54, 1.807) is 11.3 Å². The van der Waals surface area contributed by atoms with E-state index in [-0.39, 0.29) is 11.8 Å². The number of piperidine rings is 1. The van der Waals surface area contributed by atoms with Gasteiger partial charge < -0.3 is 10.2 Å². The quantitative estimate of drug-likeness (QED) is 0.626. The molecular weight excluding hydrogens is 432 g/mol. The molecule has 2 aliphatic rings. The molecule has 4 rings (SSSR count). The van der Waals surface area contributed by atoms with Crippen LogP contribution >= 0.6 is 11.3 Å². The number of nitriles is 1. The predicted octanol–water partition coefficient (Wildman–Crippen LogP) is 4.45. The van der Waals surface area contributed by atoms with Crippen molar-refractivity contribution >= 4 is 28.2 Å². The van der Waals surface area contributed by atoms with Gasteiger partial charge >= 0.3 is 0 Å². The molecule has 1 aliphatic heterocycles. The van der Waals surface area contributed by atoms with Crippen molar-refractivity contribution in [3.05, 3.63) is 51.9 Å². The molecular formula is C26H32N4O2S. The van der Waals surface area contributed by atoms with Crippen molar-refractivity contribution in [2.75, 3.05) is 31.5 Å². The highest BCUT2D eigenvalue weighted by Crippen LogP contribution is 2.38. The zero-order valence-corrected chi connectivity index (χ0v) is 20.1. The highest BCUT2D eigenvalue weighted by Gasteiger charge is 2.28. The zero-order chi connectivity index (χ0) is 23.2. The Labute approximate surface area is 200 Å². The number of fused-ring (bicyclic) bond motifs is 1. The maximum absolute atomic E-state index is 12.7. The Kier molecular flexibility index (Phi) is 7.79. The minimum atomic E-state index is -0.0239. The maximum Gasteiger partial charge on any atom is 0.253 e. The maximum atomic E-state index is 12.7. The first-order chi connectivity index (χ1) is 16.1. The van der Waals surface area contributed by atoms with Crippen molar-refractivity contribution in [2.45, 2.75) is 57.9 Å². The van der Waals surface area contributed by atoms with Crippen LogP contribution in [0.15, 0.2) is 30.3 Å². The fourth-order valence-electron chi connectivity index (χ4n) is 5.01. The van der Waals surface area contributed by atoms with Gasteiger partial charge in [-0.1, -0.05) is 25.1 Å². The van der Waals surface area contributed by atoms with E-state index in [0.29, 0.717) is 24.6 Å². The molecule has 33 heavy (non-hydrogen) atoms. The summed E-state index contributed by atoms with van der Waals surface area (Å²) in [5.41, 5.74) is 2.55. The molecule has 2 amide bonds. The molecule has 0 unspecified atom stereocenters. The van der Waals surface area contributed by atoms with Gasteiger partial charge in [-0.05, 0) is 62.8 Å². The molecule has 2 heterocycles. The zero-order valence-electron chi connectivity index (χ0n) is 19.3. The Bertz CT molecular complexity index is 1020. The molecule has 0 bridgehead atoms. The summed E-state index contributed by atoms with van der Waals surface area (Å²) in [5.74, 6) is 0.0795. The van der Waals surface area contributed by atoms with Gasteiger partial charge in [0.25, 0.3) is 5.91 Å². The SMILES string of the molecule is CCCN(CCC(=O)Nc1sc2c(c1C#N)CCC2)C1CCN(C(=O)c2ccccc2)CC1. The van der Waals surface area contributed by atoms with Gasteiger partial charge in [-0.25, -0.2) is 0 Å².